The van der Waals surface area contributed by atoms with E-state index in [1.807, 2.05) is 0 Å². The van der Waals surface area contributed by atoms with Gasteiger partial charge in [0.15, 0.2) is 12.4 Å². The molecule has 2 heterocycles. The molecule has 0 bridgehead atoms. The number of aliphatic carboxylic acids is 1. The van der Waals surface area contributed by atoms with Crippen LogP contribution in [-0.4, -0.2) is 46.5 Å². The molecule has 0 radical (unpaired) electrons. The number of furan rings is 1. The summed E-state index contributed by atoms with van der Waals surface area (Å²) in [6.07, 6.45) is 2.47. The number of amides is 2. The summed E-state index contributed by atoms with van der Waals surface area (Å²) >= 11 is 0. The monoisotopic (exact) mass is 372 g/mol. The lowest BCUT2D eigenvalue weighted by Gasteiger charge is -2.31. The van der Waals surface area contributed by atoms with Crippen LogP contribution < -0.4 is 10.1 Å². The Labute approximate surface area is 155 Å². The number of nitrogens with zero attached hydrogens (tertiary/aromatic N) is 1. The maximum absolute atomic E-state index is 12.4. The van der Waals surface area contributed by atoms with Gasteiger partial charge in [-0.1, -0.05) is 6.07 Å². The van der Waals surface area contributed by atoms with Crippen molar-refractivity contribution in [3.8, 4) is 5.75 Å². The van der Waals surface area contributed by atoms with Gasteiger partial charge in [0, 0.05) is 18.3 Å². The molecule has 8 heteroatoms. The molecule has 2 amide bonds. The van der Waals surface area contributed by atoms with Crippen molar-refractivity contribution in [2.45, 2.75) is 25.3 Å². The Kier molecular flexibility index (Phi) is 5.16. The normalized spacial score (nSPS) is 18.9. The quantitative estimate of drug-likeness (QED) is 0.806. The number of anilines is 1. The van der Waals surface area contributed by atoms with Crippen LogP contribution in [0.3, 0.4) is 0 Å². The molecule has 0 spiro atoms. The van der Waals surface area contributed by atoms with Crippen molar-refractivity contribution in [1.29, 1.82) is 0 Å². The Morgan fingerprint density at radius 2 is 2.11 bits per heavy atom. The second-order valence-electron chi connectivity index (χ2n) is 6.48. The van der Waals surface area contributed by atoms with Gasteiger partial charge >= 0.3 is 5.97 Å². The molecule has 2 N–H and O–H groups in total. The molecule has 1 saturated heterocycles. The van der Waals surface area contributed by atoms with Crippen molar-refractivity contribution in [3.05, 3.63) is 48.4 Å². The van der Waals surface area contributed by atoms with Crippen molar-refractivity contribution in [2.24, 2.45) is 0 Å². The maximum Gasteiger partial charge on any atom is 0.329 e. The van der Waals surface area contributed by atoms with Crippen molar-refractivity contribution < 1.29 is 28.6 Å². The van der Waals surface area contributed by atoms with Crippen LogP contribution in [0.5, 0.6) is 5.75 Å². The van der Waals surface area contributed by atoms with Gasteiger partial charge in [0.2, 0.25) is 0 Å². The predicted octanol–water partition coefficient (Wildman–Crippen LogP) is 2.38. The van der Waals surface area contributed by atoms with E-state index in [1.54, 1.807) is 43.3 Å². The molecule has 2 aromatic rings. The lowest BCUT2D eigenvalue weighted by molar-refractivity contribution is -0.156. The Morgan fingerprint density at radius 1 is 1.30 bits per heavy atom. The third-order valence-electron chi connectivity index (χ3n) is 4.60. The van der Waals surface area contributed by atoms with Gasteiger partial charge in [-0.05, 0) is 44.0 Å². The van der Waals surface area contributed by atoms with E-state index in [1.165, 1.54) is 11.2 Å². The van der Waals surface area contributed by atoms with Crippen LogP contribution in [0.2, 0.25) is 0 Å². The first-order valence-corrected chi connectivity index (χ1v) is 8.52. The van der Waals surface area contributed by atoms with Crippen molar-refractivity contribution >= 4 is 23.5 Å². The number of ether oxygens (including phenoxy) is 1. The Bertz CT molecular complexity index is 848. The summed E-state index contributed by atoms with van der Waals surface area (Å²) in [7, 11) is 0. The SMILES string of the molecule is CC1(C(=O)O)CCCN1C(=O)COc1cccc(NC(=O)c2ccco2)c1. The molecule has 0 saturated carbocycles. The topological polar surface area (TPSA) is 109 Å². The van der Waals surface area contributed by atoms with Gasteiger partial charge in [-0.3, -0.25) is 9.59 Å². The van der Waals surface area contributed by atoms with E-state index in [9.17, 15) is 19.5 Å². The Hall–Kier alpha value is -3.29. The summed E-state index contributed by atoms with van der Waals surface area (Å²) in [5, 5.41) is 12.1. The van der Waals surface area contributed by atoms with E-state index in [0.29, 0.717) is 30.8 Å². The van der Waals surface area contributed by atoms with E-state index in [2.05, 4.69) is 5.32 Å². The van der Waals surface area contributed by atoms with Gasteiger partial charge in [0.25, 0.3) is 11.8 Å². The highest BCUT2D eigenvalue weighted by Crippen LogP contribution is 2.29. The fraction of sp³-hybridized carbons (Fsp3) is 0.316. The highest BCUT2D eigenvalue weighted by Gasteiger charge is 2.45. The minimum atomic E-state index is -1.20. The minimum absolute atomic E-state index is 0.179. The van der Waals surface area contributed by atoms with Crippen molar-refractivity contribution in [2.75, 3.05) is 18.5 Å². The van der Waals surface area contributed by atoms with Gasteiger partial charge < -0.3 is 24.5 Å². The summed E-state index contributed by atoms with van der Waals surface area (Å²) in [4.78, 5) is 37.2. The van der Waals surface area contributed by atoms with Gasteiger partial charge in [-0.15, -0.1) is 0 Å². The zero-order valence-electron chi connectivity index (χ0n) is 14.8. The van der Waals surface area contributed by atoms with Gasteiger partial charge in [0.1, 0.15) is 11.3 Å². The molecule has 8 nitrogen and oxygen atoms in total. The standard InChI is InChI=1S/C19H20N2O6/c1-19(18(24)25)8-4-9-21(19)16(22)12-27-14-6-2-5-13(11-14)20-17(23)15-7-3-10-26-15/h2-3,5-7,10-11H,4,8-9,12H2,1H3,(H,20,23)(H,24,25). The fourth-order valence-corrected chi connectivity index (χ4v) is 3.07. The summed E-state index contributed by atoms with van der Waals surface area (Å²) in [5.41, 5.74) is -0.711. The molecule has 1 aliphatic heterocycles. The first-order valence-electron chi connectivity index (χ1n) is 8.52. The van der Waals surface area contributed by atoms with Gasteiger partial charge in [-0.25, -0.2) is 4.79 Å². The van der Waals surface area contributed by atoms with Crippen LogP contribution in [-0.2, 0) is 9.59 Å². The molecule has 0 aliphatic carbocycles. The zero-order chi connectivity index (χ0) is 19.4. The summed E-state index contributed by atoms with van der Waals surface area (Å²) in [6.45, 7) is 1.66. The number of benzene rings is 1. The second kappa shape index (κ2) is 7.53. The first-order chi connectivity index (χ1) is 12.9. The molecule has 1 aliphatic rings. The molecule has 1 unspecified atom stereocenters. The number of carboxylic acid groups (broad SMARTS) is 1. The highest BCUT2D eigenvalue weighted by atomic mass is 16.5. The number of likely N-dealkylation sites (tertiary alicyclic amines) is 1. The fourth-order valence-electron chi connectivity index (χ4n) is 3.07. The number of carboxylic acids is 1. The smallest absolute Gasteiger partial charge is 0.329 e. The van der Waals surface area contributed by atoms with Crippen LogP contribution in [0.4, 0.5) is 5.69 Å². The lowest BCUT2D eigenvalue weighted by atomic mass is 9.99. The largest absolute Gasteiger partial charge is 0.484 e. The van der Waals surface area contributed by atoms with Gasteiger partial charge in [0.05, 0.1) is 6.26 Å². The van der Waals surface area contributed by atoms with E-state index in [0.717, 1.165) is 0 Å². The highest BCUT2D eigenvalue weighted by molar-refractivity contribution is 6.02. The van der Waals surface area contributed by atoms with E-state index in [4.69, 9.17) is 9.15 Å². The van der Waals surface area contributed by atoms with Crippen LogP contribution >= 0.6 is 0 Å². The number of carbonyl (C=O) groups is 3. The average molecular weight is 372 g/mol. The predicted molar refractivity (Wildman–Crippen MR) is 95.6 cm³/mol. The number of rotatable bonds is 6. The Balaban J connectivity index is 1.61. The molecule has 1 aromatic carbocycles. The summed E-state index contributed by atoms with van der Waals surface area (Å²) < 4.78 is 10.5. The molecule has 1 fully saturated rings. The number of nitrogens with one attached hydrogen (secondary N) is 1. The molecular weight excluding hydrogens is 352 g/mol. The maximum atomic E-state index is 12.4. The third-order valence-corrected chi connectivity index (χ3v) is 4.60. The van der Waals surface area contributed by atoms with E-state index in [-0.39, 0.29) is 18.3 Å². The molecular formula is C19H20N2O6. The number of carbonyl (C=O) groups excluding carboxylic acids is 2. The average Bonchev–Trinajstić information content (AvgIpc) is 3.30. The van der Waals surface area contributed by atoms with Crippen LogP contribution in [0, 0.1) is 0 Å². The summed E-state index contributed by atoms with van der Waals surface area (Å²) in [6, 6.07) is 9.74. The Morgan fingerprint density at radius 3 is 2.81 bits per heavy atom. The zero-order valence-corrected chi connectivity index (χ0v) is 14.8. The minimum Gasteiger partial charge on any atom is -0.484 e. The molecule has 27 heavy (non-hydrogen) atoms. The molecule has 142 valence electrons. The number of hydrogen-bond acceptors (Lipinski definition) is 5. The number of hydrogen-bond donors (Lipinski definition) is 2. The first kappa shape index (κ1) is 18.5. The summed E-state index contributed by atoms with van der Waals surface area (Å²) in [5.74, 6) is -1.24. The molecule has 1 atom stereocenters. The molecule has 1 aromatic heterocycles. The van der Waals surface area contributed by atoms with Crippen LogP contribution in [0.1, 0.15) is 30.3 Å². The van der Waals surface area contributed by atoms with E-state index < -0.39 is 17.4 Å². The molecule has 3 rings (SSSR count). The van der Waals surface area contributed by atoms with Crippen molar-refractivity contribution in [3.63, 3.8) is 0 Å². The lowest BCUT2D eigenvalue weighted by Crippen LogP contribution is -2.52. The van der Waals surface area contributed by atoms with Crippen LogP contribution in [0.25, 0.3) is 0 Å². The van der Waals surface area contributed by atoms with Crippen LogP contribution in [0.15, 0.2) is 47.1 Å². The third kappa shape index (κ3) is 3.94. The van der Waals surface area contributed by atoms with E-state index >= 15 is 0 Å². The van der Waals surface area contributed by atoms with Crippen molar-refractivity contribution in [1.82, 2.24) is 4.90 Å². The second-order valence-corrected chi connectivity index (χ2v) is 6.48. The van der Waals surface area contributed by atoms with Gasteiger partial charge in [-0.2, -0.15) is 0 Å².